The number of hydrogen-bond donors (Lipinski definition) is 0. The van der Waals surface area contributed by atoms with E-state index in [0.717, 1.165) is 18.7 Å². The number of aromatic nitrogens is 3. The molecule has 1 saturated heterocycles. The molecule has 2 atom stereocenters. The van der Waals surface area contributed by atoms with Crippen molar-refractivity contribution in [1.29, 1.82) is 0 Å². The summed E-state index contributed by atoms with van der Waals surface area (Å²) < 4.78 is 13.0. The molecule has 2 aliphatic rings. The van der Waals surface area contributed by atoms with Crippen LogP contribution in [-0.2, 0) is 20.9 Å². The van der Waals surface area contributed by atoms with Crippen LogP contribution in [0.1, 0.15) is 31.5 Å². The van der Waals surface area contributed by atoms with E-state index in [1.54, 1.807) is 6.20 Å². The number of hydrogen-bond acceptors (Lipinski definition) is 5. The van der Waals surface area contributed by atoms with Gasteiger partial charge in [0.25, 0.3) is 0 Å². The minimum Gasteiger partial charge on any atom is -0.381 e. The van der Waals surface area contributed by atoms with Gasteiger partial charge in [0.1, 0.15) is 0 Å². The predicted molar refractivity (Wildman–Crippen MR) is 69.9 cm³/mol. The molecule has 0 aromatic carbocycles. The van der Waals surface area contributed by atoms with Crippen LogP contribution in [0.3, 0.4) is 0 Å². The van der Waals surface area contributed by atoms with E-state index in [4.69, 9.17) is 9.47 Å². The Morgan fingerprint density at radius 1 is 1.60 bits per heavy atom. The summed E-state index contributed by atoms with van der Waals surface area (Å²) in [6.07, 6.45) is 3.16. The third-order valence-electron chi connectivity index (χ3n) is 3.95. The van der Waals surface area contributed by atoms with Crippen molar-refractivity contribution in [2.75, 3.05) is 26.3 Å². The van der Waals surface area contributed by atoms with Crippen molar-refractivity contribution in [3.63, 3.8) is 0 Å². The number of piperidine rings is 1. The topological polar surface area (TPSA) is 69.5 Å². The first kappa shape index (κ1) is 13.5. The molecule has 2 aliphatic heterocycles. The first-order valence-electron chi connectivity index (χ1n) is 7.15. The minimum atomic E-state index is 0.0889. The number of nitrogens with zero attached hydrogens (tertiary/aromatic N) is 4. The Bertz CT molecular complexity index is 476. The van der Waals surface area contributed by atoms with E-state index in [-0.39, 0.29) is 18.1 Å². The molecule has 3 rings (SSSR count). The predicted octanol–water partition coefficient (Wildman–Crippen LogP) is 0.377. The molecule has 110 valence electrons. The molecule has 7 nitrogen and oxygen atoms in total. The molecule has 0 saturated carbocycles. The van der Waals surface area contributed by atoms with Gasteiger partial charge in [0.05, 0.1) is 43.7 Å². The third-order valence-corrected chi connectivity index (χ3v) is 3.95. The van der Waals surface area contributed by atoms with Crippen LogP contribution in [0.4, 0.5) is 0 Å². The fraction of sp³-hybridized carbons (Fsp3) is 0.769. The largest absolute Gasteiger partial charge is 0.381 e. The molecule has 1 aromatic rings. The van der Waals surface area contributed by atoms with Gasteiger partial charge in [0.15, 0.2) is 0 Å². The molecule has 0 spiro atoms. The first-order chi connectivity index (χ1) is 9.79. The molecular formula is C13H20N4O3. The Morgan fingerprint density at radius 3 is 3.35 bits per heavy atom. The lowest BCUT2D eigenvalue weighted by Gasteiger charge is -2.41. The van der Waals surface area contributed by atoms with Gasteiger partial charge in [-0.1, -0.05) is 5.21 Å². The normalized spacial score (nSPS) is 25.1. The lowest BCUT2D eigenvalue weighted by Crippen LogP contribution is -2.50. The van der Waals surface area contributed by atoms with Gasteiger partial charge in [-0.15, -0.1) is 5.10 Å². The summed E-state index contributed by atoms with van der Waals surface area (Å²) in [7, 11) is 0. The summed E-state index contributed by atoms with van der Waals surface area (Å²) in [5.74, 6) is 0.143. The molecule has 0 bridgehead atoms. The fourth-order valence-corrected chi connectivity index (χ4v) is 2.87. The quantitative estimate of drug-likeness (QED) is 0.746. The lowest BCUT2D eigenvalue weighted by atomic mass is 10.00. The average Bonchev–Trinajstić information content (AvgIpc) is 2.95. The van der Waals surface area contributed by atoms with Gasteiger partial charge in [-0.2, -0.15) is 0 Å². The Hall–Kier alpha value is -1.47. The van der Waals surface area contributed by atoms with Gasteiger partial charge in [-0.3, -0.25) is 4.79 Å². The molecule has 0 N–H and O–H groups in total. The molecule has 0 unspecified atom stereocenters. The second-order valence-corrected chi connectivity index (χ2v) is 5.16. The molecule has 0 radical (unpaired) electrons. The SMILES string of the molecule is CCOCCC(=O)N1CC[C@@H]2OCc3cnnn3[C@@H]2C1. The Balaban J connectivity index is 1.64. The van der Waals surface area contributed by atoms with E-state index in [9.17, 15) is 4.79 Å². The maximum Gasteiger partial charge on any atom is 0.224 e. The molecule has 1 fully saturated rings. The van der Waals surface area contributed by atoms with Crippen LogP contribution in [0.25, 0.3) is 0 Å². The summed E-state index contributed by atoms with van der Waals surface area (Å²) >= 11 is 0. The third kappa shape index (κ3) is 2.55. The second-order valence-electron chi connectivity index (χ2n) is 5.16. The van der Waals surface area contributed by atoms with Crippen molar-refractivity contribution in [3.05, 3.63) is 11.9 Å². The number of carbonyl (C=O) groups is 1. The van der Waals surface area contributed by atoms with Crippen molar-refractivity contribution in [2.24, 2.45) is 0 Å². The zero-order valence-corrected chi connectivity index (χ0v) is 11.7. The maximum absolute atomic E-state index is 12.2. The van der Waals surface area contributed by atoms with Crippen LogP contribution in [0, 0.1) is 0 Å². The zero-order valence-electron chi connectivity index (χ0n) is 11.7. The number of rotatable bonds is 4. The second kappa shape index (κ2) is 5.88. The monoisotopic (exact) mass is 280 g/mol. The van der Waals surface area contributed by atoms with Crippen molar-refractivity contribution < 1.29 is 14.3 Å². The van der Waals surface area contributed by atoms with Gasteiger partial charge in [-0.05, 0) is 13.3 Å². The van der Waals surface area contributed by atoms with Crippen LogP contribution in [0.5, 0.6) is 0 Å². The summed E-state index contributed by atoms with van der Waals surface area (Å²) in [5, 5.41) is 8.07. The van der Waals surface area contributed by atoms with Crippen molar-refractivity contribution in [2.45, 2.75) is 38.5 Å². The van der Waals surface area contributed by atoms with E-state index >= 15 is 0 Å². The summed E-state index contributed by atoms with van der Waals surface area (Å²) in [5.41, 5.74) is 0.981. The van der Waals surface area contributed by atoms with Crippen molar-refractivity contribution in [1.82, 2.24) is 19.9 Å². The van der Waals surface area contributed by atoms with Gasteiger partial charge >= 0.3 is 0 Å². The van der Waals surface area contributed by atoms with Crippen LogP contribution in [0.15, 0.2) is 6.20 Å². The Labute approximate surface area is 117 Å². The van der Waals surface area contributed by atoms with Gasteiger partial charge in [0.2, 0.25) is 5.91 Å². The highest BCUT2D eigenvalue weighted by atomic mass is 16.5. The molecule has 1 amide bonds. The van der Waals surface area contributed by atoms with Gasteiger partial charge < -0.3 is 14.4 Å². The average molecular weight is 280 g/mol. The smallest absolute Gasteiger partial charge is 0.224 e. The molecular weight excluding hydrogens is 260 g/mol. The Morgan fingerprint density at radius 2 is 2.50 bits per heavy atom. The fourth-order valence-electron chi connectivity index (χ4n) is 2.87. The highest BCUT2D eigenvalue weighted by Crippen LogP contribution is 2.30. The molecule has 7 heteroatoms. The van der Waals surface area contributed by atoms with Crippen LogP contribution in [-0.4, -0.2) is 58.2 Å². The van der Waals surface area contributed by atoms with E-state index < -0.39 is 0 Å². The van der Waals surface area contributed by atoms with E-state index in [2.05, 4.69) is 10.3 Å². The van der Waals surface area contributed by atoms with E-state index in [1.165, 1.54) is 0 Å². The van der Waals surface area contributed by atoms with Gasteiger partial charge in [0, 0.05) is 19.7 Å². The van der Waals surface area contributed by atoms with Crippen LogP contribution >= 0.6 is 0 Å². The molecule has 3 heterocycles. The van der Waals surface area contributed by atoms with Crippen molar-refractivity contribution >= 4 is 5.91 Å². The number of ether oxygens (including phenoxy) is 2. The van der Waals surface area contributed by atoms with Crippen molar-refractivity contribution in [3.8, 4) is 0 Å². The highest BCUT2D eigenvalue weighted by molar-refractivity contribution is 5.76. The summed E-state index contributed by atoms with van der Waals surface area (Å²) in [6, 6.07) is 0.0889. The molecule has 20 heavy (non-hydrogen) atoms. The highest BCUT2D eigenvalue weighted by Gasteiger charge is 2.37. The maximum atomic E-state index is 12.2. The Kier molecular flexibility index (Phi) is 3.98. The lowest BCUT2D eigenvalue weighted by molar-refractivity contribution is -0.139. The number of fused-ring (bicyclic) bond motifs is 3. The van der Waals surface area contributed by atoms with Crippen LogP contribution in [0.2, 0.25) is 0 Å². The number of amides is 1. The molecule has 1 aromatic heterocycles. The first-order valence-corrected chi connectivity index (χ1v) is 7.15. The van der Waals surface area contributed by atoms with Crippen LogP contribution < -0.4 is 0 Å². The zero-order chi connectivity index (χ0) is 13.9. The summed E-state index contributed by atoms with van der Waals surface area (Å²) in [4.78, 5) is 14.0. The van der Waals surface area contributed by atoms with E-state index in [1.807, 2.05) is 16.5 Å². The molecule has 0 aliphatic carbocycles. The summed E-state index contributed by atoms with van der Waals surface area (Å²) in [6.45, 7) is 5.02. The number of likely N-dealkylation sites (tertiary alicyclic amines) is 1. The number of carbonyl (C=O) groups excluding carboxylic acids is 1. The minimum absolute atomic E-state index is 0.0889. The van der Waals surface area contributed by atoms with E-state index in [0.29, 0.717) is 32.8 Å². The standard InChI is InChI=1S/C13H20N4O3/c1-2-19-6-4-13(18)16-5-3-12-11(8-16)17-10(9-20-12)7-14-15-17/h7,11-12H,2-6,8-9H2,1H3/t11-,12+/m1/s1. The van der Waals surface area contributed by atoms with Gasteiger partial charge in [-0.25, -0.2) is 4.68 Å².